The molecule has 2 aromatic carbocycles. The molecule has 0 spiro atoms. The Morgan fingerprint density at radius 2 is 2.03 bits per heavy atom. The smallest absolute Gasteiger partial charge is 0.272 e. The minimum absolute atomic E-state index is 0.0343. The average Bonchev–Trinajstić information content (AvgIpc) is 3.64. The first kappa shape index (κ1) is 21.6. The second-order valence-electron chi connectivity index (χ2n) is 9.10. The fourth-order valence-electron chi connectivity index (χ4n) is 4.84. The molecule has 8 nitrogen and oxygen atoms in total. The van der Waals surface area contributed by atoms with Gasteiger partial charge in [-0.1, -0.05) is 36.3 Å². The van der Waals surface area contributed by atoms with Crippen LogP contribution in [0.5, 0.6) is 0 Å². The highest BCUT2D eigenvalue weighted by atomic mass is 16.5. The van der Waals surface area contributed by atoms with Gasteiger partial charge in [0.2, 0.25) is 5.91 Å². The maximum absolute atomic E-state index is 12.9. The SMILES string of the molecule is O=C1NN=Cc2c(C#CCN3CCOCC3)[nH]c3cc(NC(=O)[C@@H]4C[C@H]4c4ccccc4)cc1c23. The van der Waals surface area contributed by atoms with E-state index >= 15 is 0 Å². The van der Waals surface area contributed by atoms with E-state index in [9.17, 15) is 9.59 Å². The number of nitrogens with one attached hydrogen (secondary N) is 3. The Kier molecular flexibility index (Phi) is 5.57. The maximum Gasteiger partial charge on any atom is 0.272 e. The number of carbonyl (C=O) groups is 2. The highest BCUT2D eigenvalue weighted by Gasteiger charge is 2.43. The molecule has 8 heteroatoms. The van der Waals surface area contributed by atoms with Gasteiger partial charge in [-0.25, -0.2) is 5.43 Å². The van der Waals surface area contributed by atoms with Gasteiger partial charge < -0.3 is 15.0 Å². The van der Waals surface area contributed by atoms with E-state index in [-0.39, 0.29) is 23.7 Å². The van der Waals surface area contributed by atoms with Crippen LogP contribution in [0.4, 0.5) is 5.69 Å². The predicted molar refractivity (Wildman–Crippen MR) is 133 cm³/mol. The van der Waals surface area contributed by atoms with E-state index in [2.05, 4.69) is 49.7 Å². The van der Waals surface area contributed by atoms with E-state index in [1.54, 1.807) is 12.3 Å². The van der Waals surface area contributed by atoms with Crippen LogP contribution in [0, 0.1) is 17.8 Å². The number of aromatic nitrogens is 1. The van der Waals surface area contributed by atoms with Gasteiger partial charge in [0.05, 0.1) is 37.2 Å². The van der Waals surface area contributed by atoms with Crippen molar-refractivity contribution >= 4 is 34.6 Å². The highest BCUT2D eigenvalue weighted by Crippen LogP contribution is 2.48. The average molecular weight is 468 g/mol. The molecule has 1 aromatic heterocycles. The van der Waals surface area contributed by atoms with Gasteiger partial charge in [-0.3, -0.25) is 14.5 Å². The summed E-state index contributed by atoms with van der Waals surface area (Å²) < 4.78 is 5.39. The number of H-pyrrole nitrogens is 1. The molecule has 1 saturated carbocycles. The predicted octanol–water partition coefficient (Wildman–Crippen LogP) is 2.67. The van der Waals surface area contributed by atoms with Crippen molar-refractivity contribution < 1.29 is 14.3 Å². The highest BCUT2D eigenvalue weighted by molar-refractivity contribution is 6.16. The van der Waals surface area contributed by atoms with Crippen LogP contribution >= 0.6 is 0 Å². The first-order valence-electron chi connectivity index (χ1n) is 11.9. The molecular weight excluding hydrogens is 442 g/mol. The number of carbonyl (C=O) groups excluding carboxylic acids is 2. The number of ether oxygens (including phenoxy) is 1. The molecule has 2 aliphatic heterocycles. The standard InChI is InChI=1S/C27H25N5O3/c33-26(20-15-19(20)17-5-2-1-3-6-17)29-18-13-21-25-22(16-28-31-27(21)34)23(30-24(25)14-18)7-4-8-32-9-11-35-12-10-32/h1-3,5-6,13-14,16,19-20,30H,8-12,15H2,(H,29,33)(H,31,34)/t19-,20+/m0/s1. The van der Waals surface area contributed by atoms with E-state index in [1.165, 1.54) is 5.56 Å². The normalized spacial score (nSPS) is 21.1. The Labute approximate surface area is 202 Å². The van der Waals surface area contributed by atoms with E-state index in [1.807, 2.05) is 24.3 Å². The van der Waals surface area contributed by atoms with Crippen LogP contribution in [-0.2, 0) is 9.53 Å². The number of anilines is 1. The summed E-state index contributed by atoms with van der Waals surface area (Å²) in [7, 11) is 0. The number of amides is 2. The second-order valence-corrected chi connectivity index (χ2v) is 9.10. The van der Waals surface area contributed by atoms with Crippen LogP contribution in [0.25, 0.3) is 10.9 Å². The van der Waals surface area contributed by atoms with Gasteiger partial charge in [-0.2, -0.15) is 5.10 Å². The zero-order valence-electron chi connectivity index (χ0n) is 19.1. The Morgan fingerprint density at radius 1 is 1.20 bits per heavy atom. The molecule has 3 N–H and O–H groups in total. The molecule has 3 aromatic rings. The Morgan fingerprint density at radius 3 is 2.86 bits per heavy atom. The van der Waals surface area contributed by atoms with Crippen molar-refractivity contribution in [2.45, 2.75) is 12.3 Å². The number of morpholine rings is 1. The lowest BCUT2D eigenvalue weighted by atomic mass is 10.0. The first-order chi connectivity index (χ1) is 17.2. The Balaban J connectivity index is 1.26. The summed E-state index contributed by atoms with van der Waals surface area (Å²) in [6, 6.07) is 13.7. The van der Waals surface area contributed by atoms with Crippen LogP contribution in [0.15, 0.2) is 47.6 Å². The van der Waals surface area contributed by atoms with E-state index < -0.39 is 0 Å². The fourth-order valence-corrected chi connectivity index (χ4v) is 4.84. The Bertz CT molecular complexity index is 1390. The number of nitrogens with zero attached hydrogens (tertiary/aromatic N) is 2. The van der Waals surface area contributed by atoms with Gasteiger partial charge in [-0.05, 0) is 36.0 Å². The van der Waals surface area contributed by atoms with Crippen molar-refractivity contribution in [1.29, 1.82) is 0 Å². The molecule has 3 aliphatic rings. The first-order valence-corrected chi connectivity index (χ1v) is 11.9. The van der Waals surface area contributed by atoms with Gasteiger partial charge in [0.25, 0.3) is 5.91 Å². The molecule has 3 heterocycles. The molecule has 35 heavy (non-hydrogen) atoms. The van der Waals surface area contributed by atoms with Crippen LogP contribution in [-0.4, -0.2) is 60.8 Å². The minimum Gasteiger partial charge on any atom is -0.379 e. The van der Waals surface area contributed by atoms with E-state index in [4.69, 9.17) is 4.74 Å². The molecule has 0 bridgehead atoms. The van der Waals surface area contributed by atoms with Crippen molar-refractivity contribution in [3.63, 3.8) is 0 Å². The maximum atomic E-state index is 12.9. The van der Waals surface area contributed by atoms with Gasteiger partial charge >= 0.3 is 0 Å². The summed E-state index contributed by atoms with van der Waals surface area (Å²) in [5, 5.41) is 7.84. The quantitative estimate of drug-likeness (QED) is 0.514. The summed E-state index contributed by atoms with van der Waals surface area (Å²) in [6.07, 6.45) is 2.45. The lowest BCUT2D eigenvalue weighted by molar-refractivity contribution is -0.117. The third-order valence-electron chi connectivity index (χ3n) is 6.78. The third-order valence-corrected chi connectivity index (χ3v) is 6.78. The van der Waals surface area contributed by atoms with Crippen LogP contribution in [0.3, 0.4) is 0 Å². The van der Waals surface area contributed by atoms with Crippen LogP contribution in [0.1, 0.15) is 39.5 Å². The topological polar surface area (TPSA) is 98.8 Å². The number of benzene rings is 2. The van der Waals surface area contributed by atoms with Crippen molar-refractivity contribution in [2.24, 2.45) is 11.0 Å². The Hall–Kier alpha value is -3.93. The summed E-state index contributed by atoms with van der Waals surface area (Å²) in [5.74, 6) is 6.26. The molecule has 2 atom stereocenters. The van der Waals surface area contributed by atoms with Gasteiger partial charge in [0.1, 0.15) is 0 Å². The minimum atomic E-state index is -0.318. The van der Waals surface area contributed by atoms with Gasteiger partial charge in [0.15, 0.2) is 0 Å². The molecule has 1 aliphatic carbocycles. The largest absolute Gasteiger partial charge is 0.379 e. The number of aromatic amines is 1. The summed E-state index contributed by atoms with van der Waals surface area (Å²) >= 11 is 0. The molecule has 1 saturated heterocycles. The molecular formula is C27H25N5O3. The zero-order chi connectivity index (χ0) is 23.8. The number of hydrazone groups is 1. The summed E-state index contributed by atoms with van der Waals surface area (Å²) in [6.45, 7) is 3.83. The van der Waals surface area contributed by atoms with Crippen LogP contribution in [0.2, 0.25) is 0 Å². The van der Waals surface area contributed by atoms with E-state index in [0.717, 1.165) is 49.2 Å². The molecule has 6 rings (SSSR count). The van der Waals surface area contributed by atoms with Crippen molar-refractivity contribution in [1.82, 2.24) is 15.3 Å². The molecule has 176 valence electrons. The van der Waals surface area contributed by atoms with Crippen LogP contribution < -0.4 is 10.7 Å². The molecule has 2 amide bonds. The number of hydrogen-bond acceptors (Lipinski definition) is 5. The van der Waals surface area contributed by atoms with Gasteiger partial charge in [-0.15, -0.1) is 0 Å². The third kappa shape index (κ3) is 4.32. The number of hydrogen-bond donors (Lipinski definition) is 3. The van der Waals surface area contributed by atoms with Crippen molar-refractivity contribution in [2.75, 3.05) is 38.2 Å². The summed E-state index contributed by atoms with van der Waals surface area (Å²) in [4.78, 5) is 31.3. The van der Waals surface area contributed by atoms with Gasteiger partial charge in [0, 0.05) is 41.2 Å². The van der Waals surface area contributed by atoms with Crippen molar-refractivity contribution in [3.05, 3.63) is 64.8 Å². The molecule has 0 unspecified atom stereocenters. The summed E-state index contributed by atoms with van der Waals surface area (Å²) in [5.41, 5.74) is 6.97. The lowest BCUT2D eigenvalue weighted by Gasteiger charge is -2.24. The second kappa shape index (κ2) is 9.02. The fraction of sp³-hybridized carbons (Fsp3) is 0.296. The zero-order valence-corrected chi connectivity index (χ0v) is 19.1. The molecule has 2 fully saturated rings. The van der Waals surface area contributed by atoms with Crippen molar-refractivity contribution in [3.8, 4) is 11.8 Å². The lowest BCUT2D eigenvalue weighted by Crippen LogP contribution is -2.36. The monoisotopic (exact) mass is 467 g/mol. The molecule has 0 radical (unpaired) electrons. The number of rotatable bonds is 4. The van der Waals surface area contributed by atoms with E-state index in [0.29, 0.717) is 23.5 Å².